The van der Waals surface area contributed by atoms with E-state index in [1.807, 2.05) is 0 Å². The minimum atomic E-state index is -4.31. The number of aromatic nitrogens is 2. The van der Waals surface area contributed by atoms with Crippen LogP contribution >= 0.6 is 11.6 Å². The summed E-state index contributed by atoms with van der Waals surface area (Å²) in [6.07, 6.45) is -4.31. The lowest BCUT2D eigenvalue weighted by Crippen LogP contribution is -2.22. The van der Waals surface area contributed by atoms with Gasteiger partial charge in [0.05, 0.1) is 5.52 Å². The standard InChI is InChI=1S/C10H7ClF3N3/c11-9-16-7-4-2-1-3-6(7)8(17-9)15-5-10(12,13)14/h1-4H,5H2,(H,15,16,17). The molecule has 0 radical (unpaired) electrons. The van der Waals surface area contributed by atoms with Crippen molar-refractivity contribution >= 4 is 28.3 Å². The highest BCUT2D eigenvalue weighted by Crippen LogP contribution is 2.23. The Morgan fingerprint density at radius 2 is 1.88 bits per heavy atom. The Morgan fingerprint density at radius 1 is 1.18 bits per heavy atom. The quantitative estimate of drug-likeness (QED) is 0.843. The predicted octanol–water partition coefficient (Wildman–Crippen LogP) is 3.26. The van der Waals surface area contributed by atoms with Crippen LogP contribution in [0.2, 0.25) is 5.28 Å². The van der Waals surface area contributed by atoms with Gasteiger partial charge < -0.3 is 5.32 Å². The fourth-order valence-corrected chi connectivity index (χ4v) is 1.54. The molecule has 0 amide bonds. The summed E-state index contributed by atoms with van der Waals surface area (Å²) in [6, 6.07) is 6.70. The Hall–Kier alpha value is -1.56. The highest BCUT2D eigenvalue weighted by Gasteiger charge is 2.27. The third kappa shape index (κ3) is 2.97. The molecule has 0 aliphatic heterocycles. The van der Waals surface area contributed by atoms with Crippen LogP contribution in [0, 0.1) is 0 Å². The number of rotatable bonds is 2. The molecule has 17 heavy (non-hydrogen) atoms. The first-order valence-corrected chi connectivity index (χ1v) is 5.06. The van der Waals surface area contributed by atoms with Crippen molar-refractivity contribution < 1.29 is 13.2 Å². The van der Waals surface area contributed by atoms with Gasteiger partial charge >= 0.3 is 6.18 Å². The number of alkyl halides is 3. The van der Waals surface area contributed by atoms with E-state index in [1.54, 1.807) is 24.3 Å². The van der Waals surface area contributed by atoms with E-state index in [1.165, 1.54) is 0 Å². The average Bonchev–Trinajstić information content (AvgIpc) is 2.24. The Balaban J connectivity index is 2.39. The van der Waals surface area contributed by atoms with Crippen LogP contribution < -0.4 is 5.32 Å². The lowest BCUT2D eigenvalue weighted by atomic mass is 10.2. The molecule has 0 atom stereocenters. The summed E-state index contributed by atoms with van der Waals surface area (Å²) >= 11 is 5.63. The van der Waals surface area contributed by atoms with Crippen molar-refractivity contribution in [1.82, 2.24) is 9.97 Å². The molecule has 90 valence electrons. The van der Waals surface area contributed by atoms with Crippen LogP contribution in [-0.4, -0.2) is 22.7 Å². The smallest absolute Gasteiger partial charge is 0.361 e. The summed E-state index contributed by atoms with van der Waals surface area (Å²) in [6.45, 7) is -1.16. The maximum Gasteiger partial charge on any atom is 0.405 e. The molecule has 3 nitrogen and oxygen atoms in total. The molecule has 2 rings (SSSR count). The van der Waals surface area contributed by atoms with Crippen molar-refractivity contribution in [3.8, 4) is 0 Å². The third-order valence-electron chi connectivity index (χ3n) is 2.03. The van der Waals surface area contributed by atoms with Gasteiger partial charge in [-0.05, 0) is 23.7 Å². The molecule has 0 saturated carbocycles. The maximum absolute atomic E-state index is 12.1. The largest absolute Gasteiger partial charge is 0.405 e. The molecule has 2 aromatic rings. The van der Waals surface area contributed by atoms with Gasteiger partial charge in [-0.15, -0.1) is 0 Å². The fraction of sp³-hybridized carbons (Fsp3) is 0.200. The second-order valence-electron chi connectivity index (χ2n) is 3.33. The zero-order valence-corrected chi connectivity index (χ0v) is 9.18. The molecule has 0 aliphatic rings. The summed E-state index contributed by atoms with van der Waals surface area (Å²) in [5.41, 5.74) is 0.497. The second kappa shape index (κ2) is 4.37. The van der Waals surface area contributed by atoms with Crippen molar-refractivity contribution in [3.05, 3.63) is 29.5 Å². The molecule has 0 bridgehead atoms. The lowest BCUT2D eigenvalue weighted by molar-refractivity contribution is -0.115. The molecular formula is C10H7ClF3N3. The van der Waals surface area contributed by atoms with E-state index in [0.29, 0.717) is 10.9 Å². The van der Waals surface area contributed by atoms with Crippen LogP contribution in [0.5, 0.6) is 0 Å². The van der Waals surface area contributed by atoms with E-state index in [4.69, 9.17) is 11.6 Å². The van der Waals surface area contributed by atoms with Gasteiger partial charge in [-0.2, -0.15) is 13.2 Å². The molecule has 0 unspecified atom stereocenters. The van der Waals surface area contributed by atoms with Crippen LogP contribution in [0.25, 0.3) is 10.9 Å². The molecule has 7 heteroatoms. The number of para-hydroxylation sites is 1. The molecule has 1 aromatic carbocycles. The van der Waals surface area contributed by atoms with E-state index < -0.39 is 12.7 Å². The predicted molar refractivity (Wildman–Crippen MR) is 59.1 cm³/mol. The zero-order chi connectivity index (χ0) is 12.5. The first-order valence-electron chi connectivity index (χ1n) is 4.68. The minimum Gasteiger partial charge on any atom is -0.361 e. The molecule has 0 fully saturated rings. The van der Waals surface area contributed by atoms with Gasteiger partial charge in [0.1, 0.15) is 12.4 Å². The van der Waals surface area contributed by atoms with Gasteiger partial charge in [-0.3, -0.25) is 0 Å². The number of hydrogen-bond donors (Lipinski definition) is 1. The van der Waals surface area contributed by atoms with E-state index in [-0.39, 0.29) is 11.1 Å². The van der Waals surface area contributed by atoms with Crippen molar-refractivity contribution in [2.45, 2.75) is 6.18 Å². The maximum atomic E-state index is 12.1. The van der Waals surface area contributed by atoms with Crippen LogP contribution in [0.3, 0.4) is 0 Å². The number of fused-ring (bicyclic) bond motifs is 1. The zero-order valence-electron chi connectivity index (χ0n) is 8.42. The van der Waals surface area contributed by atoms with Crippen molar-refractivity contribution in [1.29, 1.82) is 0 Å². The Labute approximate surface area is 99.6 Å². The van der Waals surface area contributed by atoms with E-state index in [9.17, 15) is 13.2 Å². The summed E-state index contributed by atoms with van der Waals surface area (Å²) in [4.78, 5) is 7.66. The molecule has 0 saturated heterocycles. The molecule has 1 heterocycles. The van der Waals surface area contributed by atoms with E-state index >= 15 is 0 Å². The molecule has 1 aromatic heterocycles. The van der Waals surface area contributed by atoms with Crippen LogP contribution in [-0.2, 0) is 0 Å². The highest BCUT2D eigenvalue weighted by atomic mass is 35.5. The van der Waals surface area contributed by atoms with Crippen molar-refractivity contribution in [3.63, 3.8) is 0 Å². The summed E-state index contributed by atoms with van der Waals surface area (Å²) in [7, 11) is 0. The van der Waals surface area contributed by atoms with Gasteiger partial charge in [0.25, 0.3) is 0 Å². The van der Waals surface area contributed by atoms with E-state index in [2.05, 4.69) is 15.3 Å². The monoisotopic (exact) mass is 261 g/mol. The lowest BCUT2D eigenvalue weighted by Gasteiger charge is -2.10. The minimum absolute atomic E-state index is 0.0814. The van der Waals surface area contributed by atoms with Gasteiger partial charge in [-0.1, -0.05) is 12.1 Å². The molecular weight excluding hydrogens is 255 g/mol. The normalized spacial score (nSPS) is 11.8. The number of benzene rings is 1. The van der Waals surface area contributed by atoms with Crippen molar-refractivity contribution in [2.24, 2.45) is 0 Å². The first kappa shape index (κ1) is 11.9. The number of halogens is 4. The number of hydrogen-bond acceptors (Lipinski definition) is 3. The highest BCUT2D eigenvalue weighted by molar-refractivity contribution is 6.28. The molecule has 0 aliphatic carbocycles. The Kier molecular flexibility index (Phi) is 3.06. The van der Waals surface area contributed by atoms with Gasteiger partial charge in [-0.25, -0.2) is 9.97 Å². The second-order valence-corrected chi connectivity index (χ2v) is 3.67. The van der Waals surface area contributed by atoms with Crippen LogP contribution in [0.1, 0.15) is 0 Å². The summed E-state index contributed by atoms with van der Waals surface area (Å²) in [5.74, 6) is 0.0814. The SMILES string of the molecule is FC(F)(F)CNc1nc(Cl)nc2ccccc12. The Morgan fingerprint density at radius 3 is 2.59 bits per heavy atom. The summed E-state index contributed by atoms with van der Waals surface area (Å²) < 4.78 is 36.3. The van der Waals surface area contributed by atoms with Gasteiger partial charge in [0.2, 0.25) is 5.28 Å². The average molecular weight is 262 g/mol. The number of nitrogens with one attached hydrogen (secondary N) is 1. The first-order chi connectivity index (χ1) is 7.96. The third-order valence-corrected chi connectivity index (χ3v) is 2.20. The van der Waals surface area contributed by atoms with Crippen molar-refractivity contribution in [2.75, 3.05) is 11.9 Å². The fourth-order valence-electron chi connectivity index (χ4n) is 1.37. The Bertz CT molecular complexity index is 542. The molecule has 1 N–H and O–H groups in total. The molecule has 0 spiro atoms. The number of anilines is 1. The van der Waals surface area contributed by atoms with Crippen LogP contribution in [0.15, 0.2) is 24.3 Å². The van der Waals surface area contributed by atoms with E-state index in [0.717, 1.165) is 0 Å². The van der Waals surface area contributed by atoms with Gasteiger partial charge in [0.15, 0.2) is 0 Å². The summed E-state index contributed by atoms with van der Waals surface area (Å²) in [5, 5.41) is 2.62. The van der Waals surface area contributed by atoms with Crippen LogP contribution in [0.4, 0.5) is 19.0 Å². The topological polar surface area (TPSA) is 37.8 Å². The van der Waals surface area contributed by atoms with Gasteiger partial charge in [0, 0.05) is 5.39 Å². The number of nitrogens with zero attached hydrogens (tertiary/aromatic N) is 2.